The van der Waals surface area contributed by atoms with Gasteiger partial charge < -0.3 is 0 Å². The molecule has 0 aliphatic heterocycles. The fraction of sp³-hybridized carbons (Fsp3) is 0.643. The van der Waals surface area contributed by atoms with Crippen molar-refractivity contribution in [3.05, 3.63) is 58.3 Å². The Kier molecular flexibility index (Phi) is 14.1. The molecule has 1 saturated carbocycles. The predicted octanol–water partition coefficient (Wildman–Crippen LogP) is 9.44. The average molecular weight is 415 g/mol. The molecule has 0 bridgehead atoms. The summed E-state index contributed by atoms with van der Waals surface area (Å²) in [6.45, 7) is 13.7. The molecule has 29 heavy (non-hydrogen) atoms. The first-order chi connectivity index (χ1) is 13.9. The summed E-state index contributed by atoms with van der Waals surface area (Å²) in [6.07, 6.45) is 11.4. The molecular weight excluding hydrogens is 368 g/mol. The van der Waals surface area contributed by atoms with E-state index in [4.69, 9.17) is 0 Å². The van der Waals surface area contributed by atoms with Gasteiger partial charge in [0.1, 0.15) is 0 Å². The van der Waals surface area contributed by atoms with E-state index in [9.17, 15) is 0 Å². The number of rotatable bonds is 6. The van der Waals surface area contributed by atoms with Crippen molar-refractivity contribution in [3.63, 3.8) is 0 Å². The van der Waals surface area contributed by atoms with Crippen molar-refractivity contribution in [1.82, 2.24) is 0 Å². The van der Waals surface area contributed by atoms with Gasteiger partial charge >= 0.3 is 0 Å². The molecule has 164 valence electrons. The summed E-state index contributed by atoms with van der Waals surface area (Å²) in [6, 6.07) is 12.8. The first kappa shape index (κ1) is 26.0. The molecule has 3 rings (SSSR count). The van der Waals surface area contributed by atoms with Crippen LogP contribution >= 0.6 is 11.3 Å². The summed E-state index contributed by atoms with van der Waals surface area (Å²) < 4.78 is 0. The van der Waals surface area contributed by atoms with Gasteiger partial charge in [0.15, 0.2) is 0 Å². The standard InChI is InChI=1S/C10H20.C10H14.C8H12S/c2*1-9(2)8-10-6-4-3-5-7-10;1-7(2)5-8-3-4-9-6-8/h9-10H,3-8H2,1-2H3;3-7,9H,8H2,1-2H3;3-4,6-7H,5H2,1-2H3. The molecule has 1 aromatic heterocycles. The maximum atomic E-state index is 2.34. The van der Waals surface area contributed by atoms with Gasteiger partial charge in [0.05, 0.1) is 0 Å². The fourth-order valence-corrected chi connectivity index (χ4v) is 4.74. The van der Waals surface area contributed by atoms with Crippen LogP contribution in [0.25, 0.3) is 0 Å². The Morgan fingerprint density at radius 1 is 0.724 bits per heavy atom. The summed E-state index contributed by atoms with van der Waals surface area (Å²) in [5.74, 6) is 3.55. The monoisotopic (exact) mass is 414 g/mol. The van der Waals surface area contributed by atoms with Crippen molar-refractivity contribution in [2.24, 2.45) is 23.7 Å². The van der Waals surface area contributed by atoms with Crippen LogP contribution in [0.15, 0.2) is 47.2 Å². The average Bonchev–Trinajstić information content (AvgIpc) is 3.16. The molecule has 0 spiro atoms. The van der Waals surface area contributed by atoms with E-state index >= 15 is 0 Å². The van der Waals surface area contributed by atoms with E-state index in [0.717, 1.165) is 23.7 Å². The van der Waals surface area contributed by atoms with Crippen LogP contribution in [0.3, 0.4) is 0 Å². The number of hydrogen-bond acceptors (Lipinski definition) is 1. The largest absolute Gasteiger partial charge is 0.152 e. The van der Waals surface area contributed by atoms with Crippen molar-refractivity contribution in [3.8, 4) is 0 Å². The topological polar surface area (TPSA) is 0 Å². The molecule has 0 N–H and O–H groups in total. The second-order valence-corrected chi connectivity index (χ2v) is 10.7. The minimum absolute atomic E-state index is 0.766. The first-order valence-electron chi connectivity index (χ1n) is 11.9. The normalized spacial score (nSPS) is 14.4. The van der Waals surface area contributed by atoms with Gasteiger partial charge in [-0.1, -0.05) is 104 Å². The minimum atomic E-state index is 0.766. The van der Waals surface area contributed by atoms with E-state index in [0.29, 0.717) is 0 Å². The maximum Gasteiger partial charge on any atom is -0.00612 e. The molecule has 0 unspecified atom stereocenters. The van der Waals surface area contributed by atoms with Crippen LogP contribution in [0.5, 0.6) is 0 Å². The second kappa shape index (κ2) is 15.7. The summed E-state index contributed by atoms with van der Waals surface area (Å²) in [5.41, 5.74) is 2.92. The molecule has 1 aliphatic carbocycles. The maximum absolute atomic E-state index is 2.34. The highest BCUT2D eigenvalue weighted by Gasteiger charge is 2.13. The van der Waals surface area contributed by atoms with E-state index in [1.165, 1.54) is 62.5 Å². The molecule has 2 aromatic rings. The van der Waals surface area contributed by atoms with Crippen molar-refractivity contribution < 1.29 is 0 Å². The van der Waals surface area contributed by atoms with E-state index < -0.39 is 0 Å². The highest BCUT2D eigenvalue weighted by Crippen LogP contribution is 2.28. The Hall–Kier alpha value is -1.08. The van der Waals surface area contributed by atoms with Crippen molar-refractivity contribution in [1.29, 1.82) is 0 Å². The Morgan fingerprint density at radius 2 is 1.31 bits per heavy atom. The third-order valence-corrected chi connectivity index (χ3v) is 5.97. The fourth-order valence-electron chi connectivity index (χ4n) is 4.06. The Morgan fingerprint density at radius 3 is 1.79 bits per heavy atom. The van der Waals surface area contributed by atoms with Crippen LogP contribution in [0.4, 0.5) is 0 Å². The predicted molar refractivity (Wildman–Crippen MR) is 134 cm³/mol. The van der Waals surface area contributed by atoms with Crippen LogP contribution in [0.2, 0.25) is 0 Å². The van der Waals surface area contributed by atoms with Gasteiger partial charge in [0.2, 0.25) is 0 Å². The van der Waals surface area contributed by atoms with Crippen LogP contribution < -0.4 is 0 Å². The molecule has 1 aromatic carbocycles. The Labute approximate surface area is 186 Å². The number of hydrogen-bond donors (Lipinski definition) is 0. The van der Waals surface area contributed by atoms with Crippen LogP contribution in [-0.2, 0) is 12.8 Å². The third-order valence-electron chi connectivity index (χ3n) is 5.24. The summed E-state index contributed by atoms with van der Waals surface area (Å²) in [4.78, 5) is 0. The molecule has 1 heteroatoms. The van der Waals surface area contributed by atoms with E-state index in [1.807, 2.05) is 0 Å². The number of thiophene rings is 1. The van der Waals surface area contributed by atoms with E-state index in [1.54, 1.807) is 11.3 Å². The molecular formula is C28H46S. The van der Waals surface area contributed by atoms with Gasteiger partial charge in [-0.05, 0) is 70.9 Å². The van der Waals surface area contributed by atoms with Gasteiger partial charge in [0, 0.05) is 0 Å². The lowest BCUT2D eigenvalue weighted by Crippen LogP contribution is -2.08. The molecule has 1 fully saturated rings. The zero-order valence-corrected chi connectivity index (χ0v) is 20.8. The smallest absolute Gasteiger partial charge is 0.00612 e. The quantitative estimate of drug-likeness (QED) is 0.441. The van der Waals surface area contributed by atoms with Gasteiger partial charge in [-0.15, -0.1) is 0 Å². The zero-order chi connectivity index (χ0) is 21.5. The Balaban J connectivity index is 0.000000218. The molecule has 1 aliphatic rings. The third kappa shape index (κ3) is 14.5. The number of benzene rings is 1. The molecule has 0 amide bonds. The van der Waals surface area contributed by atoms with Crippen molar-refractivity contribution >= 4 is 11.3 Å². The molecule has 0 saturated heterocycles. The molecule has 1 heterocycles. The lowest BCUT2D eigenvalue weighted by Gasteiger charge is -2.22. The summed E-state index contributed by atoms with van der Waals surface area (Å²) >= 11 is 1.78. The van der Waals surface area contributed by atoms with Gasteiger partial charge in [-0.2, -0.15) is 11.3 Å². The van der Waals surface area contributed by atoms with Crippen molar-refractivity contribution in [2.45, 2.75) is 92.9 Å². The molecule has 0 atom stereocenters. The minimum Gasteiger partial charge on any atom is -0.152 e. The van der Waals surface area contributed by atoms with Gasteiger partial charge in [-0.25, -0.2) is 0 Å². The lowest BCUT2D eigenvalue weighted by molar-refractivity contribution is 0.305. The first-order valence-corrected chi connectivity index (χ1v) is 12.9. The van der Waals surface area contributed by atoms with E-state index in [2.05, 4.69) is 88.7 Å². The Bertz CT molecular complexity index is 574. The van der Waals surface area contributed by atoms with Crippen molar-refractivity contribution in [2.75, 3.05) is 0 Å². The van der Waals surface area contributed by atoms with Crippen LogP contribution in [0, 0.1) is 23.7 Å². The van der Waals surface area contributed by atoms with Gasteiger partial charge in [0.25, 0.3) is 0 Å². The van der Waals surface area contributed by atoms with Crippen LogP contribution in [0.1, 0.15) is 91.2 Å². The highest BCUT2D eigenvalue weighted by molar-refractivity contribution is 7.07. The highest BCUT2D eigenvalue weighted by atomic mass is 32.1. The van der Waals surface area contributed by atoms with Crippen LogP contribution in [-0.4, -0.2) is 0 Å². The molecule has 0 nitrogen and oxygen atoms in total. The molecule has 0 radical (unpaired) electrons. The zero-order valence-electron chi connectivity index (χ0n) is 20.0. The summed E-state index contributed by atoms with van der Waals surface area (Å²) in [5, 5.41) is 4.36. The second-order valence-electron chi connectivity index (χ2n) is 9.95. The lowest BCUT2D eigenvalue weighted by atomic mass is 9.84. The van der Waals surface area contributed by atoms with Gasteiger partial charge in [-0.3, -0.25) is 0 Å². The van der Waals surface area contributed by atoms with E-state index in [-0.39, 0.29) is 0 Å². The SMILES string of the molecule is CC(C)CC1CCCCC1.CC(C)Cc1ccccc1.CC(C)Cc1ccsc1. The summed E-state index contributed by atoms with van der Waals surface area (Å²) in [7, 11) is 0.